The van der Waals surface area contributed by atoms with Gasteiger partial charge < -0.3 is 4.42 Å². The number of carbonyl (C=O) groups excluding carboxylic acids is 1. The standard InChI is InChI=1S/C32H30N4O5S2/c1-20-8-13-27-29(15-20)42-32(34-27)36(33-16-24-19-41-28-7-5-4-6-26(28)30(24)37)31(38)23-9-11-25(12-10-23)43(39,40)35-17-21(2)14-22(3)18-35/h4-13,15-16,19,21-22H,14,17-18H2,1-3H3/b33-16+. The molecule has 220 valence electrons. The van der Waals surface area contributed by atoms with Crippen molar-refractivity contribution in [3.05, 3.63) is 99.9 Å². The number of hydrogen-bond acceptors (Lipinski definition) is 8. The van der Waals surface area contributed by atoms with Gasteiger partial charge in [-0.25, -0.2) is 13.4 Å². The van der Waals surface area contributed by atoms with Crippen LogP contribution in [0, 0.1) is 18.8 Å². The van der Waals surface area contributed by atoms with E-state index >= 15 is 0 Å². The average Bonchev–Trinajstić information content (AvgIpc) is 3.40. The number of anilines is 1. The Morgan fingerprint density at radius 3 is 2.53 bits per heavy atom. The monoisotopic (exact) mass is 614 g/mol. The van der Waals surface area contributed by atoms with Crippen LogP contribution in [0.15, 0.2) is 92.2 Å². The highest BCUT2D eigenvalue weighted by Crippen LogP contribution is 2.31. The number of piperidine rings is 1. The van der Waals surface area contributed by atoms with Gasteiger partial charge in [-0.1, -0.05) is 43.4 Å². The van der Waals surface area contributed by atoms with E-state index in [1.54, 1.807) is 24.3 Å². The number of benzene rings is 3. The molecule has 0 spiro atoms. The summed E-state index contributed by atoms with van der Waals surface area (Å²) in [6, 6.07) is 18.5. The first-order valence-electron chi connectivity index (χ1n) is 14.0. The third-order valence-electron chi connectivity index (χ3n) is 7.50. The van der Waals surface area contributed by atoms with Gasteiger partial charge in [-0.3, -0.25) is 9.59 Å². The lowest BCUT2D eigenvalue weighted by atomic mass is 9.94. The number of amides is 1. The molecule has 5 aromatic rings. The lowest BCUT2D eigenvalue weighted by Gasteiger charge is -2.34. The molecule has 2 unspecified atom stereocenters. The minimum absolute atomic E-state index is 0.129. The summed E-state index contributed by atoms with van der Waals surface area (Å²) in [4.78, 5) is 31.7. The Hall–Kier alpha value is -4.19. The van der Waals surface area contributed by atoms with Gasteiger partial charge in [0.15, 0.2) is 0 Å². The van der Waals surface area contributed by atoms with Crippen LogP contribution in [0.4, 0.5) is 5.13 Å². The van der Waals surface area contributed by atoms with Crippen molar-refractivity contribution >= 4 is 59.8 Å². The van der Waals surface area contributed by atoms with Crippen LogP contribution in [0.2, 0.25) is 0 Å². The average molecular weight is 615 g/mol. The van der Waals surface area contributed by atoms with Gasteiger partial charge in [-0.05, 0) is 79.3 Å². The van der Waals surface area contributed by atoms with Gasteiger partial charge in [0.25, 0.3) is 5.91 Å². The van der Waals surface area contributed by atoms with E-state index in [4.69, 9.17) is 4.42 Å². The van der Waals surface area contributed by atoms with E-state index in [-0.39, 0.29) is 33.3 Å². The number of carbonyl (C=O) groups is 1. The fourth-order valence-corrected chi connectivity index (χ4v) is 8.14. The fraction of sp³-hybridized carbons (Fsp3) is 0.250. The second-order valence-electron chi connectivity index (χ2n) is 11.1. The van der Waals surface area contributed by atoms with Gasteiger partial charge in [0.2, 0.25) is 20.6 Å². The second kappa shape index (κ2) is 11.5. The maximum atomic E-state index is 13.9. The maximum absolute atomic E-state index is 13.9. The van der Waals surface area contributed by atoms with Crippen molar-refractivity contribution in [3.8, 4) is 0 Å². The molecule has 9 nitrogen and oxygen atoms in total. The minimum Gasteiger partial charge on any atom is -0.463 e. The number of nitrogens with zero attached hydrogens (tertiary/aromatic N) is 4. The summed E-state index contributed by atoms with van der Waals surface area (Å²) in [5.41, 5.74) is 2.30. The van der Waals surface area contributed by atoms with Crippen molar-refractivity contribution in [1.82, 2.24) is 9.29 Å². The van der Waals surface area contributed by atoms with E-state index in [1.165, 1.54) is 52.4 Å². The van der Waals surface area contributed by atoms with Crippen LogP contribution < -0.4 is 10.4 Å². The molecule has 0 aliphatic carbocycles. The van der Waals surface area contributed by atoms with Crippen molar-refractivity contribution in [2.75, 3.05) is 18.1 Å². The predicted molar refractivity (Wildman–Crippen MR) is 169 cm³/mol. The molecule has 1 amide bonds. The molecule has 0 saturated carbocycles. The second-order valence-corrected chi connectivity index (χ2v) is 14.1. The Bertz CT molecular complexity index is 2020. The van der Waals surface area contributed by atoms with E-state index in [0.717, 1.165) is 21.7 Å². The molecule has 1 saturated heterocycles. The maximum Gasteiger partial charge on any atom is 0.280 e. The molecule has 3 aromatic carbocycles. The summed E-state index contributed by atoms with van der Waals surface area (Å²) in [6.07, 6.45) is 3.58. The minimum atomic E-state index is -3.71. The van der Waals surface area contributed by atoms with Gasteiger partial charge in [0.05, 0.1) is 32.3 Å². The smallest absolute Gasteiger partial charge is 0.280 e. The van der Waals surface area contributed by atoms with Gasteiger partial charge >= 0.3 is 0 Å². The molecular weight excluding hydrogens is 585 g/mol. The fourth-order valence-electron chi connectivity index (χ4n) is 5.44. The molecule has 0 bridgehead atoms. The van der Waals surface area contributed by atoms with Crippen molar-refractivity contribution in [1.29, 1.82) is 0 Å². The van der Waals surface area contributed by atoms with E-state index < -0.39 is 15.9 Å². The Morgan fingerprint density at radius 2 is 1.79 bits per heavy atom. The molecule has 1 aliphatic rings. The van der Waals surface area contributed by atoms with Crippen LogP contribution in [0.5, 0.6) is 0 Å². The third kappa shape index (κ3) is 5.75. The number of aryl methyl sites for hydroxylation is 1. The van der Waals surface area contributed by atoms with E-state index in [0.29, 0.717) is 34.7 Å². The zero-order valence-electron chi connectivity index (χ0n) is 23.9. The van der Waals surface area contributed by atoms with Gasteiger partial charge in [0, 0.05) is 18.7 Å². The van der Waals surface area contributed by atoms with Crippen LogP contribution in [-0.2, 0) is 10.0 Å². The number of sulfonamides is 1. The first-order valence-corrected chi connectivity index (χ1v) is 16.2. The van der Waals surface area contributed by atoms with Crippen LogP contribution in [0.1, 0.15) is 41.8 Å². The Labute approximate surface area is 253 Å². The zero-order chi connectivity index (χ0) is 30.3. The first kappa shape index (κ1) is 28.9. The molecular formula is C32H30N4O5S2. The highest BCUT2D eigenvalue weighted by atomic mass is 32.2. The molecule has 0 radical (unpaired) electrons. The normalized spacial score (nSPS) is 18.0. The van der Waals surface area contributed by atoms with Gasteiger partial charge in [-0.15, -0.1) is 0 Å². The van der Waals surface area contributed by atoms with E-state index in [9.17, 15) is 18.0 Å². The van der Waals surface area contributed by atoms with Crippen LogP contribution in [-0.4, -0.2) is 42.9 Å². The summed E-state index contributed by atoms with van der Waals surface area (Å²) in [5, 5.41) is 6.24. The SMILES string of the molecule is Cc1ccc2nc(N(/N=C/c3coc4ccccc4c3=O)C(=O)c3ccc(S(=O)(=O)N4CC(C)CC(C)C4)cc3)sc2c1. The van der Waals surface area contributed by atoms with E-state index in [2.05, 4.69) is 23.9 Å². The highest BCUT2D eigenvalue weighted by Gasteiger charge is 2.32. The quantitative estimate of drug-likeness (QED) is 0.170. The third-order valence-corrected chi connectivity index (χ3v) is 10.3. The van der Waals surface area contributed by atoms with Gasteiger partial charge in [0.1, 0.15) is 11.8 Å². The number of rotatable bonds is 6. The number of hydrogen-bond donors (Lipinski definition) is 0. The lowest BCUT2D eigenvalue weighted by molar-refractivity contribution is 0.0987. The summed E-state index contributed by atoms with van der Waals surface area (Å²) in [5.74, 6) is 0.0169. The summed E-state index contributed by atoms with van der Waals surface area (Å²) in [6.45, 7) is 7.02. The Kier molecular flexibility index (Phi) is 7.72. The highest BCUT2D eigenvalue weighted by molar-refractivity contribution is 7.89. The van der Waals surface area contributed by atoms with Crippen LogP contribution >= 0.6 is 11.3 Å². The molecule has 0 N–H and O–H groups in total. The molecule has 11 heteroatoms. The summed E-state index contributed by atoms with van der Waals surface area (Å²) in [7, 11) is -3.71. The Balaban J connectivity index is 1.35. The van der Waals surface area contributed by atoms with Crippen LogP contribution in [0.25, 0.3) is 21.2 Å². The van der Waals surface area contributed by atoms with Crippen LogP contribution in [0.3, 0.4) is 0 Å². The molecule has 6 rings (SSSR count). The molecule has 1 aliphatic heterocycles. The topological polar surface area (TPSA) is 113 Å². The van der Waals surface area contributed by atoms with Crippen molar-refractivity contribution < 1.29 is 17.6 Å². The molecule has 1 fully saturated rings. The predicted octanol–water partition coefficient (Wildman–Crippen LogP) is 6.06. The number of thiazole rings is 1. The van der Waals surface area contributed by atoms with Crippen molar-refractivity contribution in [3.63, 3.8) is 0 Å². The zero-order valence-corrected chi connectivity index (χ0v) is 25.6. The summed E-state index contributed by atoms with van der Waals surface area (Å²) < 4.78 is 34.8. The molecule has 2 atom stereocenters. The van der Waals surface area contributed by atoms with Crippen molar-refractivity contribution in [2.45, 2.75) is 32.1 Å². The molecule has 3 heterocycles. The number of para-hydroxylation sites is 1. The first-order chi connectivity index (χ1) is 20.6. The molecule has 2 aromatic heterocycles. The van der Waals surface area contributed by atoms with E-state index in [1.807, 2.05) is 25.1 Å². The number of aromatic nitrogens is 1. The largest absolute Gasteiger partial charge is 0.463 e. The number of hydrazone groups is 1. The summed E-state index contributed by atoms with van der Waals surface area (Å²) >= 11 is 1.29. The lowest BCUT2D eigenvalue weighted by Crippen LogP contribution is -2.42. The number of fused-ring (bicyclic) bond motifs is 2. The van der Waals surface area contributed by atoms with Gasteiger partial charge in [-0.2, -0.15) is 14.4 Å². The van der Waals surface area contributed by atoms with Crippen molar-refractivity contribution in [2.24, 2.45) is 16.9 Å². The Morgan fingerprint density at radius 1 is 1.07 bits per heavy atom. The molecule has 43 heavy (non-hydrogen) atoms.